The molecule has 0 aromatic rings. The highest BCUT2D eigenvalue weighted by molar-refractivity contribution is 5.76. The van der Waals surface area contributed by atoms with E-state index in [4.69, 9.17) is 9.47 Å². The lowest BCUT2D eigenvalue weighted by molar-refractivity contribution is -0.302. The summed E-state index contributed by atoms with van der Waals surface area (Å²) in [5, 5.41) is 54.1. The third-order valence-electron chi connectivity index (χ3n) is 11.5. The summed E-state index contributed by atoms with van der Waals surface area (Å²) in [6, 6.07) is -0.709. The molecule has 1 aliphatic rings. The highest BCUT2D eigenvalue weighted by atomic mass is 16.7. The first-order valence-corrected chi connectivity index (χ1v) is 23.2. The van der Waals surface area contributed by atoms with Crippen molar-refractivity contribution in [2.75, 3.05) is 13.2 Å². The summed E-state index contributed by atoms with van der Waals surface area (Å²) >= 11 is 0. The lowest BCUT2D eigenvalue weighted by Gasteiger charge is -2.40. The van der Waals surface area contributed by atoms with Gasteiger partial charge >= 0.3 is 0 Å². The molecule has 1 amide bonds. The number of nitrogens with one attached hydrogen (secondary N) is 1. The summed E-state index contributed by atoms with van der Waals surface area (Å²) in [6.45, 7) is 3.81. The number of hydrogen-bond acceptors (Lipinski definition) is 8. The molecule has 7 atom stereocenters. The number of hydrogen-bond donors (Lipinski definition) is 6. The molecule has 54 heavy (non-hydrogen) atoms. The van der Waals surface area contributed by atoms with Crippen LogP contribution in [-0.4, -0.2) is 87.5 Å². The van der Waals surface area contributed by atoms with Crippen LogP contribution in [0.15, 0.2) is 0 Å². The third-order valence-corrected chi connectivity index (χ3v) is 11.5. The summed E-state index contributed by atoms with van der Waals surface area (Å²) in [5.74, 6) is -0.143. The highest BCUT2D eigenvalue weighted by Crippen LogP contribution is 2.23. The first-order valence-electron chi connectivity index (χ1n) is 23.2. The summed E-state index contributed by atoms with van der Waals surface area (Å²) in [5.41, 5.74) is 0. The Kier molecular flexibility index (Phi) is 34.6. The number of carbonyl (C=O) groups is 1. The van der Waals surface area contributed by atoms with Gasteiger partial charge in [0.1, 0.15) is 24.4 Å². The van der Waals surface area contributed by atoms with Crippen molar-refractivity contribution in [1.82, 2.24) is 5.32 Å². The van der Waals surface area contributed by atoms with Crippen LogP contribution in [0.1, 0.15) is 226 Å². The maximum Gasteiger partial charge on any atom is 0.220 e. The van der Waals surface area contributed by atoms with Crippen LogP contribution in [0.25, 0.3) is 0 Å². The fourth-order valence-electron chi connectivity index (χ4n) is 7.69. The second-order valence-corrected chi connectivity index (χ2v) is 16.6. The molecule has 1 saturated heterocycles. The second kappa shape index (κ2) is 36.5. The molecular weight excluding hydrogens is 682 g/mol. The van der Waals surface area contributed by atoms with E-state index in [0.717, 1.165) is 38.5 Å². The molecule has 0 radical (unpaired) electrons. The van der Waals surface area contributed by atoms with Gasteiger partial charge in [-0.1, -0.05) is 206 Å². The molecule has 322 valence electrons. The monoisotopic (exact) mass is 772 g/mol. The van der Waals surface area contributed by atoms with Crippen LogP contribution in [0.4, 0.5) is 0 Å². The van der Waals surface area contributed by atoms with Gasteiger partial charge in [0, 0.05) is 6.42 Å². The molecule has 0 aromatic heterocycles. The van der Waals surface area contributed by atoms with Crippen molar-refractivity contribution in [1.29, 1.82) is 0 Å². The lowest BCUT2D eigenvalue weighted by atomic mass is 9.99. The van der Waals surface area contributed by atoms with Gasteiger partial charge < -0.3 is 40.3 Å². The van der Waals surface area contributed by atoms with Gasteiger partial charge in [0.15, 0.2) is 6.29 Å². The summed E-state index contributed by atoms with van der Waals surface area (Å²) in [7, 11) is 0. The predicted molar refractivity (Wildman–Crippen MR) is 221 cm³/mol. The molecule has 1 aliphatic heterocycles. The normalized spacial score (nSPS) is 21.4. The first-order chi connectivity index (χ1) is 26.3. The highest BCUT2D eigenvalue weighted by Gasteiger charge is 2.44. The Morgan fingerprint density at radius 1 is 0.556 bits per heavy atom. The van der Waals surface area contributed by atoms with Crippen LogP contribution in [0.2, 0.25) is 0 Å². The number of carbonyl (C=O) groups excluding carboxylic acids is 1. The maximum absolute atomic E-state index is 12.9. The van der Waals surface area contributed by atoms with Crippen molar-refractivity contribution in [2.45, 2.75) is 269 Å². The van der Waals surface area contributed by atoms with Crippen LogP contribution in [0.3, 0.4) is 0 Å². The molecule has 0 aliphatic carbocycles. The second-order valence-electron chi connectivity index (χ2n) is 16.6. The van der Waals surface area contributed by atoms with E-state index in [-0.39, 0.29) is 12.5 Å². The number of unbranched alkanes of at least 4 members (excludes halogenated alkanes) is 29. The zero-order valence-corrected chi connectivity index (χ0v) is 35.3. The van der Waals surface area contributed by atoms with Gasteiger partial charge in [-0.25, -0.2) is 0 Å². The van der Waals surface area contributed by atoms with Crippen LogP contribution in [-0.2, 0) is 14.3 Å². The minimum atomic E-state index is -1.55. The summed E-state index contributed by atoms with van der Waals surface area (Å²) in [4.78, 5) is 12.9. The summed E-state index contributed by atoms with van der Waals surface area (Å²) in [6.07, 6.45) is 32.8. The Hall–Kier alpha value is -0.810. The van der Waals surface area contributed by atoms with Crippen LogP contribution in [0, 0.1) is 0 Å². The lowest BCUT2D eigenvalue weighted by Crippen LogP contribution is -2.60. The average molecular weight is 772 g/mol. The number of aliphatic hydroxyl groups is 5. The molecule has 9 nitrogen and oxygen atoms in total. The number of ether oxygens (including phenoxy) is 2. The van der Waals surface area contributed by atoms with Gasteiger partial charge in [-0.2, -0.15) is 0 Å². The van der Waals surface area contributed by atoms with Crippen molar-refractivity contribution in [2.24, 2.45) is 0 Å². The smallest absolute Gasteiger partial charge is 0.220 e. The fraction of sp³-hybridized carbons (Fsp3) is 0.978. The van der Waals surface area contributed by atoms with E-state index < -0.39 is 49.5 Å². The zero-order valence-electron chi connectivity index (χ0n) is 35.3. The quantitative estimate of drug-likeness (QED) is 0.0339. The minimum Gasteiger partial charge on any atom is -0.394 e. The van der Waals surface area contributed by atoms with Gasteiger partial charge in [-0.15, -0.1) is 0 Å². The third kappa shape index (κ3) is 26.9. The number of rotatable bonds is 39. The van der Waals surface area contributed by atoms with Crippen LogP contribution >= 0.6 is 0 Å². The molecule has 1 heterocycles. The fourth-order valence-corrected chi connectivity index (χ4v) is 7.69. The van der Waals surface area contributed by atoms with Crippen molar-refractivity contribution in [3.63, 3.8) is 0 Å². The van der Waals surface area contributed by atoms with Crippen LogP contribution < -0.4 is 5.32 Å². The van der Waals surface area contributed by atoms with Gasteiger partial charge in [0.05, 0.1) is 25.4 Å². The van der Waals surface area contributed by atoms with E-state index in [1.807, 2.05) is 0 Å². The molecular formula is C45H89NO8. The predicted octanol–water partition coefficient (Wildman–Crippen LogP) is 9.56. The van der Waals surface area contributed by atoms with E-state index in [2.05, 4.69) is 19.2 Å². The Morgan fingerprint density at radius 2 is 0.926 bits per heavy atom. The molecule has 0 bridgehead atoms. The van der Waals surface area contributed by atoms with Crippen molar-refractivity contribution in [3.05, 3.63) is 0 Å². The largest absolute Gasteiger partial charge is 0.394 e. The van der Waals surface area contributed by atoms with E-state index in [1.165, 1.54) is 161 Å². The maximum atomic E-state index is 12.9. The Bertz CT molecular complexity index is 817. The average Bonchev–Trinajstić information content (AvgIpc) is 3.17. The Morgan fingerprint density at radius 3 is 1.31 bits per heavy atom. The molecule has 1 rings (SSSR count). The number of aliphatic hydroxyl groups excluding tert-OH is 5. The molecule has 9 heteroatoms. The minimum absolute atomic E-state index is 0.133. The zero-order chi connectivity index (χ0) is 39.5. The molecule has 1 fully saturated rings. The van der Waals surface area contributed by atoms with Gasteiger partial charge in [0.25, 0.3) is 0 Å². The molecule has 6 N–H and O–H groups in total. The first kappa shape index (κ1) is 51.2. The molecule has 0 saturated carbocycles. The van der Waals surface area contributed by atoms with Crippen molar-refractivity contribution >= 4 is 5.91 Å². The van der Waals surface area contributed by atoms with E-state index >= 15 is 0 Å². The van der Waals surface area contributed by atoms with Crippen LogP contribution in [0.5, 0.6) is 0 Å². The van der Waals surface area contributed by atoms with E-state index in [1.54, 1.807) is 0 Å². The van der Waals surface area contributed by atoms with Gasteiger partial charge in [-0.05, 0) is 12.8 Å². The molecule has 0 aromatic carbocycles. The van der Waals surface area contributed by atoms with Gasteiger partial charge in [-0.3, -0.25) is 4.79 Å². The van der Waals surface area contributed by atoms with E-state index in [9.17, 15) is 30.3 Å². The van der Waals surface area contributed by atoms with Crippen molar-refractivity contribution in [3.8, 4) is 0 Å². The molecule has 7 unspecified atom stereocenters. The Labute approximate surface area is 332 Å². The van der Waals surface area contributed by atoms with Gasteiger partial charge in [0.2, 0.25) is 5.91 Å². The number of amides is 1. The Balaban J connectivity index is 2.18. The SMILES string of the molecule is CCCCCCCCCCCCCCCCCCCCCCCCCC(=O)NC(COC1OC(CO)C(O)C(O)C1O)C(O)CCCCCCCCCC. The standard InChI is InChI=1S/C45H89NO8/c1-3-5-7-9-11-13-14-15-16-17-18-19-20-21-22-23-24-25-26-27-29-31-33-35-41(49)46-38(39(48)34-32-30-28-12-10-8-6-4-2)37-53-45-44(52)43(51)42(50)40(36-47)54-45/h38-40,42-45,47-48,50-52H,3-37H2,1-2H3,(H,46,49). The van der Waals surface area contributed by atoms with E-state index in [0.29, 0.717) is 12.8 Å². The van der Waals surface area contributed by atoms with Crippen molar-refractivity contribution < 1.29 is 39.8 Å². The topological polar surface area (TPSA) is 149 Å². The summed E-state index contributed by atoms with van der Waals surface area (Å²) < 4.78 is 11.2. The molecule has 0 spiro atoms.